The van der Waals surface area contributed by atoms with Gasteiger partial charge in [0.25, 0.3) is 5.91 Å². The zero-order valence-electron chi connectivity index (χ0n) is 13.2. The molecule has 1 aromatic carbocycles. The van der Waals surface area contributed by atoms with Crippen molar-refractivity contribution in [2.75, 3.05) is 24.6 Å². The molecule has 2 heterocycles. The van der Waals surface area contributed by atoms with Crippen molar-refractivity contribution < 1.29 is 17.6 Å². The molecule has 1 amide bonds. The van der Waals surface area contributed by atoms with Gasteiger partial charge in [0.1, 0.15) is 5.82 Å². The van der Waals surface area contributed by atoms with Gasteiger partial charge in [-0.1, -0.05) is 6.42 Å². The third kappa shape index (κ3) is 3.97. The first-order chi connectivity index (χ1) is 11.4. The van der Waals surface area contributed by atoms with Gasteiger partial charge in [0, 0.05) is 10.5 Å². The maximum Gasteiger partial charge on any atom is 0.252 e. The van der Waals surface area contributed by atoms with E-state index in [0.717, 1.165) is 38.4 Å². The summed E-state index contributed by atoms with van der Waals surface area (Å²) in [6.45, 7) is 1.71. The molecular formula is C16H20BrFN2O3S. The molecule has 2 fully saturated rings. The van der Waals surface area contributed by atoms with Gasteiger partial charge in [-0.25, -0.2) is 12.8 Å². The van der Waals surface area contributed by atoms with Gasteiger partial charge >= 0.3 is 0 Å². The number of halogens is 2. The molecule has 0 radical (unpaired) electrons. The molecule has 5 nitrogen and oxygen atoms in total. The average molecular weight is 419 g/mol. The summed E-state index contributed by atoms with van der Waals surface area (Å²) in [5.41, 5.74) is 0.177. The fraction of sp³-hybridized carbons (Fsp3) is 0.562. The second-order valence-electron chi connectivity index (χ2n) is 6.45. The van der Waals surface area contributed by atoms with Crippen molar-refractivity contribution in [1.82, 2.24) is 10.2 Å². The highest BCUT2D eigenvalue weighted by molar-refractivity contribution is 9.10. The summed E-state index contributed by atoms with van der Waals surface area (Å²) in [6, 6.07) is 3.22. The van der Waals surface area contributed by atoms with Crippen molar-refractivity contribution in [2.45, 2.75) is 31.3 Å². The average Bonchev–Trinajstić information content (AvgIpc) is 2.85. The third-order valence-corrected chi connectivity index (χ3v) is 7.08. The summed E-state index contributed by atoms with van der Waals surface area (Å²) in [5.74, 6) is -0.949. The van der Waals surface area contributed by atoms with Crippen molar-refractivity contribution in [3.8, 4) is 0 Å². The van der Waals surface area contributed by atoms with E-state index in [-0.39, 0.29) is 23.1 Å². The minimum absolute atomic E-state index is 0.0627. The van der Waals surface area contributed by atoms with Crippen molar-refractivity contribution in [3.05, 3.63) is 34.1 Å². The molecular weight excluding hydrogens is 399 g/mol. The molecule has 1 aromatic rings. The largest absolute Gasteiger partial charge is 0.347 e. The first-order valence-corrected chi connectivity index (χ1v) is 10.7. The fourth-order valence-electron chi connectivity index (χ4n) is 3.49. The second kappa shape index (κ2) is 7.09. The molecule has 3 rings (SSSR count). The second-order valence-corrected chi connectivity index (χ2v) is 9.45. The Morgan fingerprint density at radius 2 is 1.92 bits per heavy atom. The van der Waals surface area contributed by atoms with Crippen LogP contribution in [-0.2, 0) is 9.84 Å². The maximum atomic E-state index is 13.4. The van der Waals surface area contributed by atoms with Crippen molar-refractivity contribution >= 4 is 31.7 Å². The lowest BCUT2D eigenvalue weighted by molar-refractivity contribution is 0.0899. The number of sulfone groups is 1. The number of carbonyl (C=O) groups excluding carboxylic acids is 1. The molecule has 0 bridgehead atoms. The number of benzene rings is 1. The quantitative estimate of drug-likeness (QED) is 0.814. The van der Waals surface area contributed by atoms with E-state index >= 15 is 0 Å². The lowest BCUT2D eigenvalue weighted by Crippen LogP contribution is -2.52. The lowest BCUT2D eigenvalue weighted by atomic mass is 10.0. The minimum atomic E-state index is -3.18. The number of hydrogen-bond acceptors (Lipinski definition) is 4. The van der Waals surface area contributed by atoms with Gasteiger partial charge in [-0.3, -0.25) is 9.69 Å². The number of nitrogens with one attached hydrogen (secondary N) is 1. The Kier molecular flexibility index (Phi) is 5.27. The van der Waals surface area contributed by atoms with Crippen LogP contribution in [0.4, 0.5) is 4.39 Å². The van der Waals surface area contributed by atoms with Crippen LogP contribution in [0.15, 0.2) is 22.7 Å². The highest BCUT2D eigenvalue weighted by atomic mass is 79.9. The molecule has 0 spiro atoms. The first-order valence-electron chi connectivity index (χ1n) is 8.06. The number of hydrogen-bond donors (Lipinski definition) is 1. The number of nitrogens with zero attached hydrogens (tertiary/aromatic N) is 1. The summed E-state index contributed by atoms with van der Waals surface area (Å²) >= 11 is 3.24. The molecule has 24 heavy (non-hydrogen) atoms. The fourth-order valence-corrected chi connectivity index (χ4v) is 5.87. The van der Waals surface area contributed by atoms with Crippen LogP contribution >= 0.6 is 15.9 Å². The summed E-state index contributed by atoms with van der Waals surface area (Å²) in [7, 11) is -3.18. The topological polar surface area (TPSA) is 66.5 Å². The van der Waals surface area contributed by atoms with E-state index in [1.54, 1.807) is 0 Å². The Hall–Kier alpha value is -0.990. The van der Waals surface area contributed by atoms with Crippen molar-refractivity contribution in [2.24, 2.45) is 0 Å². The van der Waals surface area contributed by atoms with E-state index in [0.29, 0.717) is 4.47 Å². The summed E-state index contributed by atoms with van der Waals surface area (Å²) in [6.07, 6.45) is 3.25. The predicted molar refractivity (Wildman–Crippen MR) is 93.2 cm³/mol. The first kappa shape index (κ1) is 17.8. The molecule has 2 saturated heterocycles. The molecule has 2 atom stereocenters. The Morgan fingerprint density at radius 3 is 2.62 bits per heavy atom. The van der Waals surface area contributed by atoms with Gasteiger partial charge in [0.2, 0.25) is 0 Å². The van der Waals surface area contributed by atoms with Gasteiger partial charge in [-0.2, -0.15) is 0 Å². The molecule has 0 aliphatic carbocycles. The van der Waals surface area contributed by atoms with E-state index < -0.39 is 27.6 Å². The van der Waals surface area contributed by atoms with Gasteiger partial charge in [-0.15, -0.1) is 0 Å². The van der Waals surface area contributed by atoms with Crippen molar-refractivity contribution in [3.63, 3.8) is 0 Å². The summed E-state index contributed by atoms with van der Waals surface area (Å²) in [4.78, 5) is 14.7. The smallest absolute Gasteiger partial charge is 0.252 e. The maximum absolute atomic E-state index is 13.4. The van der Waals surface area contributed by atoms with E-state index in [4.69, 9.17) is 0 Å². The van der Waals surface area contributed by atoms with Crippen LogP contribution in [0.2, 0.25) is 0 Å². The number of amides is 1. The Balaban J connectivity index is 1.78. The highest BCUT2D eigenvalue weighted by Gasteiger charge is 2.42. The zero-order valence-corrected chi connectivity index (χ0v) is 15.6. The van der Waals surface area contributed by atoms with Crippen LogP contribution < -0.4 is 5.32 Å². The van der Waals surface area contributed by atoms with Crippen LogP contribution in [0, 0.1) is 5.82 Å². The Morgan fingerprint density at radius 1 is 1.21 bits per heavy atom. The molecule has 2 aliphatic heterocycles. The normalized spacial score (nSPS) is 27.1. The number of carbonyl (C=O) groups is 1. The number of likely N-dealkylation sites (tertiary alicyclic amines) is 1. The molecule has 2 unspecified atom stereocenters. The minimum Gasteiger partial charge on any atom is -0.347 e. The molecule has 2 aliphatic rings. The van der Waals surface area contributed by atoms with E-state index in [9.17, 15) is 17.6 Å². The SMILES string of the molecule is O=C(NC1CS(=O)(=O)CC1N1CCCCC1)c1cc(F)ccc1Br. The Labute approximate surface area is 149 Å². The van der Waals surface area contributed by atoms with Crippen molar-refractivity contribution in [1.29, 1.82) is 0 Å². The highest BCUT2D eigenvalue weighted by Crippen LogP contribution is 2.24. The van der Waals surface area contributed by atoms with E-state index in [1.165, 1.54) is 12.1 Å². The van der Waals surface area contributed by atoms with Crippen LogP contribution in [0.1, 0.15) is 29.6 Å². The molecule has 0 saturated carbocycles. The number of rotatable bonds is 3. The van der Waals surface area contributed by atoms with Crippen LogP contribution in [0.25, 0.3) is 0 Å². The van der Waals surface area contributed by atoms with E-state index in [2.05, 4.69) is 26.1 Å². The number of piperidine rings is 1. The molecule has 1 N–H and O–H groups in total. The van der Waals surface area contributed by atoms with E-state index in [1.807, 2.05) is 0 Å². The lowest BCUT2D eigenvalue weighted by Gasteiger charge is -2.35. The Bertz CT molecular complexity index is 735. The van der Waals surface area contributed by atoms with Crippen LogP contribution in [-0.4, -0.2) is 55.9 Å². The standard InChI is InChI=1S/C16H20BrFN2O3S/c17-13-5-4-11(18)8-12(13)16(21)19-14-9-24(22,23)10-15(14)20-6-2-1-3-7-20/h4-5,8,14-15H,1-3,6-7,9-10H2,(H,19,21). The summed E-state index contributed by atoms with van der Waals surface area (Å²) in [5, 5.41) is 2.81. The van der Waals surface area contributed by atoms with Gasteiger partial charge in [-0.05, 0) is 60.1 Å². The van der Waals surface area contributed by atoms with Gasteiger partial charge in [0.15, 0.2) is 9.84 Å². The molecule has 132 valence electrons. The van der Waals surface area contributed by atoms with Crippen LogP contribution in [0.3, 0.4) is 0 Å². The van der Waals surface area contributed by atoms with Crippen LogP contribution in [0.5, 0.6) is 0 Å². The zero-order chi connectivity index (χ0) is 17.3. The molecule has 0 aromatic heterocycles. The van der Waals surface area contributed by atoms with Gasteiger partial charge in [0.05, 0.1) is 23.1 Å². The molecule has 8 heteroatoms. The monoisotopic (exact) mass is 418 g/mol. The summed E-state index contributed by atoms with van der Waals surface area (Å²) < 4.78 is 38.1. The predicted octanol–water partition coefficient (Wildman–Crippen LogP) is 1.97. The third-order valence-electron chi connectivity index (χ3n) is 4.67. The van der Waals surface area contributed by atoms with Gasteiger partial charge < -0.3 is 5.32 Å².